The van der Waals surface area contributed by atoms with Crippen LogP contribution in [0.3, 0.4) is 0 Å². The van der Waals surface area contributed by atoms with Crippen LogP contribution in [0.1, 0.15) is 63.4 Å². The van der Waals surface area contributed by atoms with Crippen molar-refractivity contribution in [2.75, 3.05) is 13.7 Å². The molecule has 1 rings (SSSR count). The van der Waals surface area contributed by atoms with Gasteiger partial charge in [-0.15, -0.1) is 0 Å². The van der Waals surface area contributed by atoms with Gasteiger partial charge in [-0.25, -0.2) is 0 Å². The van der Waals surface area contributed by atoms with E-state index in [4.69, 9.17) is 4.74 Å². The second-order valence-corrected chi connectivity index (χ2v) is 7.17. The lowest BCUT2D eigenvalue weighted by Crippen LogP contribution is -2.16. The van der Waals surface area contributed by atoms with Gasteiger partial charge in [0.25, 0.3) is 0 Å². The minimum Gasteiger partial charge on any atom is -0.493 e. The molecule has 0 aromatic heterocycles. The average molecular weight is 320 g/mol. The molecule has 0 saturated carbocycles. The van der Waals surface area contributed by atoms with Crippen molar-refractivity contribution in [3.05, 3.63) is 29.3 Å². The topological polar surface area (TPSA) is 52.6 Å². The van der Waals surface area contributed by atoms with Gasteiger partial charge >= 0.3 is 5.97 Å². The molecule has 1 aromatic carbocycles. The molecule has 0 fully saturated rings. The quantitative estimate of drug-likeness (QED) is 0.559. The Morgan fingerprint density at radius 2 is 1.78 bits per heavy atom. The fourth-order valence-corrected chi connectivity index (χ4v) is 2.13. The van der Waals surface area contributed by atoms with E-state index >= 15 is 0 Å². The fraction of sp³-hybridized carbons (Fsp3) is 0.579. The molecule has 0 heterocycles. The smallest absolute Gasteiger partial charge is 0.305 e. The number of rotatable bonds is 7. The summed E-state index contributed by atoms with van der Waals surface area (Å²) in [4.78, 5) is 23.5. The lowest BCUT2D eigenvalue weighted by atomic mass is 9.84. The maximum Gasteiger partial charge on any atom is 0.305 e. The van der Waals surface area contributed by atoms with Crippen LogP contribution in [0.15, 0.2) is 18.2 Å². The first-order valence-corrected chi connectivity index (χ1v) is 8.02. The van der Waals surface area contributed by atoms with Crippen molar-refractivity contribution >= 4 is 11.8 Å². The second kappa shape index (κ2) is 8.14. The van der Waals surface area contributed by atoms with Gasteiger partial charge in [0, 0.05) is 17.5 Å². The Hall–Kier alpha value is -1.84. The van der Waals surface area contributed by atoms with Crippen molar-refractivity contribution in [1.82, 2.24) is 0 Å². The van der Waals surface area contributed by atoms with E-state index in [9.17, 15) is 9.59 Å². The maximum atomic E-state index is 12.3. The van der Waals surface area contributed by atoms with E-state index in [1.165, 1.54) is 7.11 Å². The number of hydrogen-bond donors (Lipinski definition) is 0. The van der Waals surface area contributed by atoms with Crippen molar-refractivity contribution in [3.8, 4) is 5.75 Å². The van der Waals surface area contributed by atoms with Crippen LogP contribution in [0.2, 0.25) is 0 Å². The summed E-state index contributed by atoms with van der Waals surface area (Å²) in [5, 5.41) is 0. The standard InChI is InChI=1S/C19H28O4/c1-13(2)12-23-17-9-7-14(11-15(17)19(3,4)5)16(20)8-10-18(21)22-6/h7,9,11,13H,8,10,12H2,1-6H3. The fourth-order valence-electron chi connectivity index (χ4n) is 2.13. The number of hydrogen-bond acceptors (Lipinski definition) is 4. The van der Waals surface area contributed by atoms with Crippen LogP contribution in [0.4, 0.5) is 0 Å². The van der Waals surface area contributed by atoms with E-state index in [2.05, 4.69) is 39.4 Å². The molecule has 0 aliphatic carbocycles. The minimum atomic E-state index is -0.369. The van der Waals surface area contributed by atoms with Gasteiger partial charge < -0.3 is 9.47 Å². The van der Waals surface area contributed by atoms with Crippen LogP contribution >= 0.6 is 0 Å². The first kappa shape index (κ1) is 19.2. The third kappa shape index (κ3) is 6.05. The zero-order valence-corrected chi connectivity index (χ0v) is 15.1. The van der Waals surface area contributed by atoms with Gasteiger partial charge in [-0.3, -0.25) is 9.59 Å². The Kier molecular flexibility index (Phi) is 6.79. The monoisotopic (exact) mass is 320 g/mol. The summed E-state index contributed by atoms with van der Waals surface area (Å²) < 4.78 is 10.5. The van der Waals surface area contributed by atoms with Crippen molar-refractivity contribution in [2.24, 2.45) is 5.92 Å². The Morgan fingerprint density at radius 1 is 1.13 bits per heavy atom. The third-order valence-electron chi connectivity index (χ3n) is 3.47. The highest BCUT2D eigenvalue weighted by Gasteiger charge is 2.21. The molecular formula is C19H28O4. The molecule has 0 spiro atoms. The van der Waals surface area contributed by atoms with E-state index in [0.29, 0.717) is 18.1 Å². The molecule has 23 heavy (non-hydrogen) atoms. The first-order chi connectivity index (χ1) is 10.6. The maximum absolute atomic E-state index is 12.3. The number of esters is 1. The number of carbonyl (C=O) groups is 2. The molecule has 4 heteroatoms. The molecule has 0 unspecified atom stereocenters. The van der Waals surface area contributed by atoms with Gasteiger partial charge in [-0.2, -0.15) is 0 Å². The van der Waals surface area contributed by atoms with Crippen LogP contribution in [0.5, 0.6) is 5.75 Å². The summed E-state index contributed by atoms with van der Waals surface area (Å²) in [5.74, 6) is 0.822. The van der Waals surface area contributed by atoms with Crippen LogP contribution in [0.25, 0.3) is 0 Å². The molecule has 0 amide bonds. The second-order valence-electron chi connectivity index (χ2n) is 7.17. The van der Waals surface area contributed by atoms with Crippen molar-refractivity contribution in [2.45, 2.75) is 52.9 Å². The van der Waals surface area contributed by atoms with Crippen LogP contribution in [0, 0.1) is 5.92 Å². The molecular weight excluding hydrogens is 292 g/mol. The third-order valence-corrected chi connectivity index (χ3v) is 3.47. The van der Waals surface area contributed by atoms with Gasteiger partial charge in [0.2, 0.25) is 0 Å². The molecule has 0 N–H and O–H groups in total. The van der Waals surface area contributed by atoms with Crippen molar-refractivity contribution in [1.29, 1.82) is 0 Å². The summed E-state index contributed by atoms with van der Waals surface area (Å²) in [6.07, 6.45) is 0.258. The Morgan fingerprint density at radius 3 is 2.30 bits per heavy atom. The normalized spacial score (nSPS) is 11.4. The Labute approximate surface area is 139 Å². The van der Waals surface area contributed by atoms with E-state index in [1.807, 2.05) is 12.1 Å². The highest BCUT2D eigenvalue weighted by atomic mass is 16.5. The van der Waals surface area contributed by atoms with Crippen molar-refractivity contribution in [3.63, 3.8) is 0 Å². The van der Waals surface area contributed by atoms with Crippen LogP contribution in [-0.4, -0.2) is 25.5 Å². The molecule has 0 aliphatic heterocycles. The lowest BCUT2D eigenvalue weighted by Gasteiger charge is -2.24. The van der Waals surface area contributed by atoms with Crippen molar-refractivity contribution < 1.29 is 19.1 Å². The molecule has 0 atom stereocenters. The van der Waals surface area contributed by atoms with E-state index in [1.54, 1.807) is 6.07 Å². The Balaban J connectivity index is 2.99. The number of Topliss-reactive ketones (excluding diaryl/α,β-unsaturated/α-hetero) is 1. The van der Waals surface area contributed by atoms with Gasteiger partial charge in [-0.05, 0) is 29.5 Å². The summed E-state index contributed by atoms with van der Waals surface area (Å²) in [5.41, 5.74) is 1.48. The predicted molar refractivity (Wildman–Crippen MR) is 91.1 cm³/mol. The van der Waals surface area contributed by atoms with Gasteiger partial charge in [0.1, 0.15) is 5.75 Å². The summed E-state index contributed by atoms with van der Waals surface area (Å²) in [6, 6.07) is 5.51. The van der Waals surface area contributed by atoms with E-state index < -0.39 is 0 Å². The first-order valence-electron chi connectivity index (χ1n) is 8.02. The minimum absolute atomic E-state index is 0.0590. The lowest BCUT2D eigenvalue weighted by molar-refractivity contribution is -0.140. The zero-order valence-electron chi connectivity index (χ0n) is 15.1. The molecule has 4 nitrogen and oxygen atoms in total. The van der Waals surface area contributed by atoms with Gasteiger partial charge in [0.05, 0.1) is 20.1 Å². The summed E-state index contributed by atoms with van der Waals surface area (Å²) >= 11 is 0. The van der Waals surface area contributed by atoms with E-state index in [0.717, 1.165) is 11.3 Å². The van der Waals surface area contributed by atoms with Gasteiger partial charge in [-0.1, -0.05) is 34.6 Å². The largest absolute Gasteiger partial charge is 0.493 e. The molecule has 0 radical (unpaired) electrons. The average Bonchev–Trinajstić information content (AvgIpc) is 2.48. The molecule has 0 aliphatic rings. The molecule has 128 valence electrons. The zero-order chi connectivity index (χ0) is 17.6. The predicted octanol–water partition coefficient (Wildman–Crippen LogP) is 4.15. The van der Waals surface area contributed by atoms with Crippen LogP contribution < -0.4 is 4.74 Å². The number of carbonyl (C=O) groups excluding carboxylic acids is 2. The summed E-state index contributed by atoms with van der Waals surface area (Å²) in [7, 11) is 1.32. The Bertz CT molecular complexity index is 553. The molecule has 0 saturated heterocycles. The van der Waals surface area contributed by atoms with E-state index in [-0.39, 0.29) is 30.0 Å². The van der Waals surface area contributed by atoms with Gasteiger partial charge in [0.15, 0.2) is 5.78 Å². The summed E-state index contributed by atoms with van der Waals surface area (Å²) in [6.45, 7) is 11.1. The highest BCUT2D eigenvalue weighted by molar-refractivity contribution is 5.97. The highest BCUT2D eigenvalue weighted by Crippen LogP contribution is 2.33. The van der Waals surface area contributed by atoms with Crippen LogP contribution in [-0.2, 0) is 14.9 Å². The number of methoxy groups -OCH3 is 1. The number of benzene rings is 1. The molecule has 1 aromatic rings. The number of ketones is 1. The number of ether oxygens (including phenoxy) is 2. The molecule has 0 bridgehead atoms. The SMILES string of the molecule is COC(=O)CCC(=O)c1ccc(OCC(C)C)c(C(C)(C)C)c1.